The monoisotopic (exact) mass is 295 g/mol. The molecule has 21 heavy (non-hydrogen) atoms. The minimum atomic E-state index is -0.798. The zero-order valence-corrected chi connectivity index (χ0v) is 11.6. The Morgan fingerprint density at radius 2 is 2.14 bits per heavy atom. The first-order chi connectivity index (χ1) is 9.95. The van der Waals surface area contributed by atoms with E-state index in [0.717, 1.165) is 25.0 Å². The number of hydrogen-bond donors (Lipinski definition) is 2. The van der Waals surface area contributed by atoms with Gasteiger partial charge in [0.15, 0.2) is 6.61 Å². The molecule has 1 rings (SSSR count). The Morgan fingerprint density at radius 3 is 2.71 bits per heavy atom. The number of rotatable bonds is 7. The lowest BCUT2D eigenvalue weighted by Crippen LogP contribution is -2.29. The first-order valence-corrected chi connectivity index (χ1v) is 6.43. The second-order valence-corrected chi connectivity index (χ2v) is 4.31. The summed E-state index contributed by atoms with van der Waals surface area (Å²) in [4.78, 5) is 33.0. The molecule has 3 N–H and O–H groups in total. The van der Waals surface area contributed by atoms with Crippen LogP contribution in [0.3, 0.4) is 0 Å². The van der Waals surface area contributed by atoms with E-state index < -0.39 is 23.4 Å². The Bertz CT molecular complexity index is 545. The molecule has 0 fully saturated rings. The molecule has 1 aromatic rings. The topological polar surface area (TPSA) is 125 Å². The van der Waals surface area contributed by atoms with Gasteiger partial charge in [-0.15, -0.1) is 0 Å². The molecule has 0 aliphatic carbocycles. The second kappa shape index (κ2) is 7.83. The molecule has 0 atom stereocenters. The van der Waals surface area contributed by atoms with E-state index in [1.165, 1.54) is 6.07 Å². The lowest BCUT2D eigenvalue weighted by Gasteiger charge is -2.07. The number of anilines is 1. The average Bonchev–Trinajstić information content (AvgIpc) is 2.44. The fourth-order valence-electron chi connectivity index (χ4n) is 1.51. The van der Waals surface area contributed by atoms with Gasteiger partial charge in [0.2, 0.25) is 0 Å². The van der Waals surface area contributed by atoms with Gasteiger partial charge in [-0.3, -0.25) is 14.9 Å². The number of carbonyl (C=O) groups is 2. The number of nitrogens with zero attached hydrogens (tertiary/aromatic N) is 1. The van der Waals surface area contributed by atoms with Crippen LogP contribution in [-0.4, -0.2) is 30.0 Å². The van der Waals surface area contributed by atoms with Crippen LogP contribution in [0.15, 0.2) is 18.2 Å². The Morgan fingerprint density at radius 1 is 1.43 bits per heavy atom. The number of non-ortho nitro benzene ring substituents is 1. The van der Waals surface area contributed by atoms with Crippen molar-refractivity contribution in [2.75, 3.05) is 18.9 Å². The summed E-state index contributed by atoms with van der Waals surface area (Å²) < 4.78 is 4.80. The molecule has 0 aliphatic rings. The van der Waals surface area contributed by atoms with Crippen molar-refractivity contribution in [2.24, 2.45) is 0 Å². The highest BCUT2D eigenvalue weighted by atomic mass is 16.6. The van der Waals surface area contributed by atoms with Gasteiger partial charge in [-0.25, -0.2) is 4.79 Å². The number of amides is 1. The number of hydrogen-bond acceptors (Lipinski definition) is 6. The summed E-state index contributed by atoms with van der Waals surface area (Å²) in [7, 11) is 0. The van der Waals surface area contributed by atoms with Crippen molar-refractivity contribution in [1.29, 1.82) is 0 Å². The van der Waals surface area contributed by atoms with Crippen molar-refractivity contribution in [3.05, 3.63) is 33.9 Å². The van der Waals surface area contributed by atoms with Gasteiger partial charge < -0.3 is 15.8 Å². The number of benzene rings is 1. The van der Waals surface area contributed by atoms with Crippen molar-refractivity contribution in [1.82, 2.24) is 5.32 Å². The smallest absolute Gasteiger partial charge is 0.340 e. The van der Waals surface area contributed by atoms with E-state index in [1.54, 1.807) is 0 Å². The Labute approximate surface area is 121 Å². The molecule has 0 saturated heterocycles. The molecule has 1 aromatic carbocycles. The van der Waals surface area contributed by atoms with Crippen molar-refractivity contribution in [2.45, 2.75) is 19.8 Å². The summed E-state index contributed by atoms with van der Waals surface area (Å²) >= 11 is 0. The van der Waals surface area contributed by atoms with Crippen LogP contribution in [0.25, 0.3) is 0 Å². The Kier molecular flexibility index (Phi) is 6.12. The van der Waals surface area contributed by atoms with Crippen molar-refractivity contribution >= 4 is 23.3 Å². The average molecular weight is 295 g/mol. The largest absolute Gasteiger partial charge is 0.452 e. The highest BCUT2D eigenvalue weighted by molar-refractivity contribution is 5.96. The Hall–Kier alpha value is -2.64. The quantitative estimate of drug-likeness (QED) is 0.256. The third kappa shape index (κ3) is 5.09. The zero-order valence-electron chi connectivity index (χ0n) is 11.6. The summed E-state index contributed by atoms with van der Waals surface area (Å²) in [5.74, 6) is -1.20. The molecule has 8 nitrogen and oxygen atoms in total. The van der Waals surface area contributed by atoms with Crippen LogP contribution in [-0.2, 0) is 9.53 Å². The van der Waals surface area contributed by atoms with E-state index in [9.17, 15) is 19.7 Å². The molecule has 0 radical (unpaired) electrons. The summed E-state index contributed by atoms with van der Waals surface area (Å²) in [6.45, 7) is 2.09. The summed E-state index contributed by atoms with van der Waals surface area (Å²) in [6, 6.07) is 3.41. The molecule has 0 heterocycles. The molecule has 114 valence electrons. The predicted molar refractivity (Wildman–Crippen MR) is 75.7 cm³/mol. The van der Waals surface area contributed by atoms with E-state index in [4.69, 9.17) is 10.5 Å². The van der Waals surface area contributed by atoms with E-state index >= 15 is 0 Å². The Balaban J connectivity index is 2.56. The molecular formula is C13H17N3O5. The van der Waals surface area contributed by atoms with E-state index in [-0.39, 0.29) is 16.9 Å². The number of esters is 1. The summed E-state index contributed by atoms with van der Waals surface area (Å²) in [5.41, 5.74) is 5.26. The number of unbranched alkanes of at least 4 members (excludes halogenated alkanes) is 1. The number of nitrogens with two attached hydrogens (primary N) is 1. The fourth-order valence-corrected chi connectivity index (χ4v) is 1.51. The normalized spacial score (nSPS) is 9.95. The molecule has 0 aliphatic heterocycles. The molecular weight excluding hydrogens is 278 g/mol. The molecule has 0 saturated carbocycles. The van der Waals surface area contributed by atoms with E-state index in [0.29, 0.717) is 6.54 Å². The van der Waals surface area contributed by atoms with E-state index in [2.05, 4.69) is 5.32 Å². The third-order valence-corrected chi connectivity index (χ3v) is 2.65. The molecule has 1 amide bonds. The minimum Gasteiger partial charge on any atom is -0.452 e. The highest BCUT2D eigenvalue weighted by Gasteiger charge is 2.16. The van der Waals surface area contributed by atoms with Crippen molar-refractivity contribution < 1.29 is 19.2 Å². The van der Waals surface area contributed by atoms with Gasteiger partial charge >= 0.3 is 5.97 Å². The van der Waals surface area contributed by atoms with Crippen molar-refractivity contribution in [3.8, 4) is 0 Å². The van der Waals surface area contributed by atoms with Gasteiger partial charge in [0, 0.05) is 18.7 Å². The van der Waals surface area contributed by atoms with Crippen LogP contribution in [0, 0.1) is 10.1 Å². The van der Waals surface area contributed by atoms with Gasteiger partial charge in [0.1, 0.15) is 0 Å². The number of nitrogens with one attached hydrogen (secondary N) is 1. The fraction of sp³-hybridized carbons (Fsp3) is 0.385. The molecule has 0 aromatic heterocycles. The van der Waals surface area contributed by atoms with Crippen LogP contribution in [0.2, 0.25) is 0 Å². The lowest BCUT2D eigenvalue weighted by molar-refractivity contribution is -0.384. The number of nitro benzene ring substituents is 1. The number of ether oxygens (including phenoxy) is 1. The van der Waals surface area contributed by atoms with Crippen LogP contribution in [0.5, 0.6) is 0 Å². The number of carbonyl (C=O) groups excluding carboxylic acids is 2. The minimum absolute atomic E-state index is 0.0121. The first kappa shape index (κ1) is 16.4. The molecule has 8 heteroatoms. The zero-order chi connectivity index (χ0) is 15.8. The summed E-state index contributed by atoms with van der Waals surface area (Å²) in [6.07, 6.45) is 1.79. The van der Waals surface area contributed by atoms with Gasteiger partial charge in [-0.2, -0.15) is 0 Å². The molecule has 0 bridgehead atoms. The SMILES string of the molecule is CCCCNC(=O)COC(=O)c1ccc([N+](=O)[O-])cc1N. The molecule has 0 spiro atoms. The second-order valence-electron chi connectivity index (χ2n) is 4.31. The number of nitrogen functional groups attached to an aromatic ring is 1. The predicted octanol–water partition coefficient (Wildman–Crippen LogP) is 1.25. The standard InChI is InChI=1S/C13H17N3O5/c1-2-3-6-15-12(17)8-21-13(18)10-5-4-9(16(19)20)7-11(10)14/h4-5,7H,2-3,6,8,14H2,1H3,(H,15,17). The number of nitro groups is 1. The van der Waals surface area contributed by atoms with Crippen LogP contribution >= 0.6 is 0 Å². The van der Waals surface area contributed by atoms with Gasteiger partial charge in [0.05, 0.1) is 16.2 Å². The highest BCUT2D eigenvalue weighted by Crippen LogP contribution is 2.20. The van der Waals surface area contributed by atoms with Crippen LogP contribution in [0.4, 0.5) is 11.4 Å². The van der Waals surface area contributed by atoms with Gasteiger partial charge in [0.25, 0.3) is 11.6 Å². The first-order valence-electron chi connectivity index (χ1n) is 6.43. The lowest BCUT2D eigenvalue weighted by atomic mass is 10.1. The third-order valence-electron chi connectivity index (χ3n) is 2.65. The van der Waals surface area contributed by atoms with Crippen LogP contribution < -0.4 is 11.1 Å². The maximum absolute atomic E-state index is 11.7. The van der Waals surface area contributed by atoms with Crippen LogP contribution in [0.1, 0.15) is 30.1 Å². The van der Waals surface area contributed by atoms with Crippen molar-refractivity contribution in [3.63, 3.8) is 0 Å². The maximum atomic E-state index is 11.7. The van der Waals surface area contributed by atoms with Gasteiger partial charge in [-0.1, -0.05) is 13.3 Å². The molecule has 0 unspecified atom stereocenters. The summed E-state index contributed by atoms with van der Waals surface area (Å²) in [5, 5.41) is 13.1. The van der Waals surface area contributed by atoms with Gasteiger partial charge in [-0.05, 0) is 12.5 Å². The van der Waals surface area contributed by atoms with E-state index in [1.807, 2.05) is 6.92 Å². The maximum Gasteiger partial charge on any atom is 0.340 e.